The van der Waals surface area contributed by atoms with Gasteiger partial charge in [-0.2, -0.15) is 0 Å². The Bertz CT molecular complexity index is 603. The molecule has 2 aromatic rings. The maximum atomic E-state index is 10.3. The first-order chi connectivity index (χ1) is 11.6. The third-order valence-corrected chi connectivity index (χ3v) is 4.05. The number of aliphatic hydroxyl groups is 2. The SMILES string of the molecule is CCOc1cccc(C(O)CCNC(C)C(O)c2ccccc2)c1. The van der Waals surface area contributed by atoms with Gasteiger partial charge in [0.2, 0.25) is 0 Å². The van der Waals surface area contributed by atoms with Crippen LogP contribution in [0.5, 0.6) is 5.75 Å². The van der Waals surface area contributed by atoms with Gasteiger partial charge in [0.15, 0.2) is 0 Å². The molecule has 0 heterocycles. The Morgan fingerprint density at radius 2 is 1.71 bits per heavy atom. The highest BCUT2D eigenvalue weighted by Gasteiger charge is 2.16. The Hall–Kier alpha value is -1.88. The third kappa shape index (κ3) is 5.34. The Kier molecular flexibility index (Phi) is 7.25. The number of ether oxygens (including phenoxy) is 1. The lowest BCUT2D eigenvalue weighted by Crippen LogP contribution is -2.33. The van der Waals surface area contributed by atoms with Gasteiger partial charge in [0.25, 0.3) is 0 Å². The van der Waals surface area contributed by atoms with Gasteiger partial charge < -0.3 is 20.3 Å². The maximum absolute atomic E-state index is 10.3. The van der Waals surface area contributed by atoms with Crippen molar-refractivity contribution in [3.05, 3.63) is 65.7 Å². The zero-order valence-corrected chi connectivity index (χ0v) is 14.4. The molecule has 3 unspecified atom stereocenters. The summed E-state index contributed by atoms with van der Waals surface area (Å²) in [6.07, 6.45) is -0.551. The minimum Gasteiger partial charge on any atom is -0.494 e. The van der Waals surface area contributed by atoms with Crippen LogP contribution in [0.4, 0.5) is 0 Å². The first-order valence-electron chi connectivity index (χ1n) is 8.49. The summed E-state index contributed by atoms with van der Waals surface area (Å²) in [6.45, 7) is 5.10. The Morgan fingerprint density at radius 1 is 1.00 bits per heavy atom. The number of aliphatic hydroxyl groups excluding tert-OH is 2. The van der Waals surface area contributed by atoms with Crippen LogP contribution in [0.15, 0.2) is 54.6 Å². The second-order valence-electron chi connectivity index (χ2n) is 5.91. The molecule has 3 atom stereocenters. The molecule has 0 radical (unpaired) electrons. The monoisotopic (exact) mass is 329 g/mol. The molecule has 4 nitrogen and oxygen atoms in total. The number of rotatable bonds is 9. The standard InChI is InChI=1S/C20H27NO3/c1-3-24-18-11-7-10-17(14-18)19(22)12-13-21-15(2)20(23)16-8-5-4-6-9-16/h4-11,14-15,19-23H,3,12-13H2,1-2H3. The largest absolute Gasteiger partial charge is 0.494 e. The van der Waals surface area contributed by atoms with E-state index in [1.165, 1.54) is 0 Å². The average molecular weight is 329 g/mol. The summed E-state index contributed by atoms with van der Waals surface area (Å²) in [7, 11) is 0. The molecule has 0 fully saturated rings. The van der Waals surface area contributed by atoms with Crippen LogP contribution in [0.2, 0.25) is 0 Å². The zero-order chi connectivity index (χ0) is 17.4. The lowest BCUT2D eigenvalue weighted by molar-refractivity contribution is 0.127. The molecule has 0 bridgehead atoms. The van der Waals surface area contributed by atoms with Crippen molar-refractivity contribution in [3.8, 4) is 5.75 Å². The quantitative estimate of drug-likeness (QED) is 0.661. The highest BCUT2D eigenvalue weighted by atomic mass is 16.5. The van der Waals surface area contributed by atoms with Crippen LogP contribution in [0.3, 0.4) is 0 Å². The van der Waals surface area contributed by atoms with Gasteiger partial charge in [0, 0.05) is 6.04 Å². The molecule has 0 amide bonds. The van der Waals surface area contributed by atoms with E-state index in [2.05, 4.69) is 5.32 Å². The summed E-state index contributed by atoms with van der Waals surface area (Å²) in [4.78, 5) is 0. The Labute approximate surface area is 144 Å². The van der Waals surface area contributed by atoms with E-state index in [4.69, 9.17) is 4.74 Å². The third-order valence-electron chi connectivity index (χ3n) is 4.05. The average Bonchev–Trinajstić information content (AvgIpc) is 2.62. The highest BCUT2D eigenvalue weighted by Crippen LogP contribution is 2.22. The summed E-state index contributed by atoms with van der Waals surface area (Å²) in [5.74, 6) is 0.773. The van der Waals surface area contributed by atoms with E-state index >= 15 is 0 Å². The van der Waals surface area contributed by atoms with Crippen LogP contribution in [-0.2, 0) is 0 Å². The van der Waals surface area contributed by atoms with Crippen molar-refractivity contribution in [2.75, 3.05) is 13.2 Å². The van der Waals surface area contributed by atoms with Crippen molar-refractivity contribution in [2.24, 2.45) is 0 Å². The van der Waals surface area contributed by atoms with Crippen molar-refractivity contribution >= 4 is 0 Å². The molecule has 0 spiro atoms. The van der Waals surface area contributed by atoms with E-state index in [0.29, 0.717) is 19.6 Å². The van der Waals surface area contributed by atoms with Crippen LogP contribution < -0.4 is 10.1 Å². The van der Waals surface area contributed by atoms with Gasteiger partial charge in [-0.05, 0) is 50.1 Å². The molecular weight excluding hydrogens is 302 g/mol. The summed E-state index contributed by atoms with van der Waals surface area (Å²) >= 11 is 0. The minimum absolute atomic E-state index is 0.0886. The number of nitrogens with one attached hydrogen (secondary N) is 1. The Morgan fingerprint density at radius 3 is 2.42 bits per heavy atom. The molecule has 0 aliphatic heterocycles. The smallest absolute Gasteiger partial charge is 0.119 e. The van der Waals surface area contributed by atoms with Crippen LogP contribution in [0.1, 0.15) is 43.6 Å². The molecule has 3 N–H and O–H groups in total. The van der Waals surface area contributed by atoms with Crippen LogP contribution >= 0.6 is 0 Å². The molecule has 0 saturated carbocycles. The summed E-state index contributed by atoms with van der Waals surface area (Å²) < 4.78 is 5.46. The van der Waals surface area contributed by atoms with E-state index in [9.17, 15) is 10.2 Å². The number of hydrogen-bond acceptors (Lipinski definition) is 4. The predicted molar refractivity (Wildman–Crippen MR) is 96.1 cm³/mol. The molecule has 0 aliphatic rings. The van der Waals surface area contributed by atoms with E-state index in [1.54, 1.807) is 0 Å². The lowest BCUT2D eigenvalue weighted by atomic mass is 10.0. The van der Waals surface area contributed by atoms with Gasteiger partial charge >= 0.3 is 0 Å². The summed E-state index contributed by atoms with van der Waals surface area (Å²) in [5.41, 5.74) is 1.74. The molecule has 0 aliphatic carbocycles. The van der Waals surface area contributed by atoms with Gasteiger partial charge in [-0.1, -0.05) is 42.5 Å². The van der Waals surface area contributed by atoms with Gasteiger partial charge in [-0.3, -0.25) is 0 Å². The normalized spacial score (nSPS) is 14.8. The van der Waals surface area contributed by atoms with Crippen molar-refractivity contribution in [3.63, 3.8) is 0 Å². The molecular formula is C20H27NO3. The second kappa shape index (κ2) is 9.42. The molecule has 24 heavy (non-hydrogen) atoms. The fourth-order valence-corrected chi connectivity index (χ4v) is 2.64. The summed E-state index contributed by atoms with van der Waals surface area (Å²) in [5, 5.41) is 23.9. The number of benzene rings is 2. The highest BCUT2D eigenvalue weighted by molar-refractivity contribution is 5.29. The topological polar surface area (TPSA) is 61.7 Å². The molecule has 0 aromatic heterocycles. The van der Waals surface area contributed by atoms with Crippen LogP contribution in [0.25, 0.3) is 0 Å². The lowest BCUT2D eigenvalue weighted by Gasteiger charge is -2.21. The first-order valence-corrected chi connectivity index (χ1v) is 8.49. The van der Waals surface area contributed by atoms with E-state index < -0.39 is 12.2 Å². The predicted octanol–water partition coefficient (Wildman–Crippen LogP) is 3.22. The molecule has 4 heteroatoms. The van der Waals surface area contributed by atoms with Gasteiger partial charge in [-0.25, -0.2) is 0 Å². The molecule has 2 rings (SSSR count). The van der Waals surface area contributed by atoms with Gasteiger partial charge in [-0.15, -0.1) is 0 Å². The molecule has 2 aromatic carbocycles. The maximum Gasteiger partial charge on any atom is 0.119 e. The fourth-order valence-electron chi connectivity index (χ4n) is 2.64. The molecule has 130 valence electrons. The van der Waals surface area contributed by atoms with Crippen molar-refractivity contribution in [1.29, 1.82) is 0 Å². The fraction of sp³-hybridized carbons (Fsp3) is 0.400. The summed E-state index contributed by atoms with van der Waals surface area (Å²) in [6, 6.07) is 17.0. The van der Waals surface area contributed by atoms with Crippen LogP contribution in [0, 0.1) is 0 Å². The first kappa shape index (κ1) is 18.5. The van der Waals surface area contributed by atoms with Crippen molar-refractivity contribution in [2.45, 2.75) is 38.5 Å². The van der Waals surface area contributed by atoms with Crippen LogP contribution in [-0.4, -0.2) is 29.4 Å². The van der Waals surface area contributed by atoms with E-state index in [1.807, 2.05) is 68.4 Å². The van der Waals surface area contributed by atoms with Crippen molar-refractivity contribution < 1.29 is 14.9 Å². The van der Waals surface area contributed by atoms with E-state index in [0.717, 1.165) is 16.9 Å². The van der Waals surface area contributed by atoms with Gasteiger partial charge in [0.05, 0.1) is 18.8 Å². The van der Waals surface area contributed by atoms with E-state index in [-0.39, 0.29) is 6.04 Å². The van der Waals surface area contributed by atoms with Gasteiger partial charge in [0.1, 0.15) is 5.75 Å². The zero-order valence-electron chi connectivity index (χ0n) is 14.4. The minimum atomic E-state index is -0.565. The number of hydrogen-bond donors (Lipinski definition) is 3. The van der Waals surface area contributed by atoms with Crippen molar-refractivity contribution in [1.82, 2.24) is 5.32 Å². The Balaban J connectivity index is 1.81. The molecule has 0 saturated heterocycles. The second-order valence-corrected chi connectivity index (χ2v) is 5.91.